The molecule has 2 rings (SSSR count). The summed E-state index contributed by atoms with van der Waals surface area (Å²) < 4.78 is 0. The Morgan fingerprint density at radius 2 is 2.00 bits per heavy atom. The summed E-state index contributed by atoms with van der Waals surface area (Å²) in [5, 5.41) is 9.24. The zero-order valence-corrected chi connectivity index (χ0v) is 10.7. The average Bonchev–Trinajstić information content (AvgIpc) is 2.38. The molecule has 1 aliphatic carbocycles. The van der Waals surface area contributed by atoms with Crippen LogP contribution in [0.1, 0.15) is 25.7 Å². The highest BCUT2D eigenvalue weighted by Gasteiger charge is 2.27. The number of rotatable bonds is 2. The van der Waals surface area contributed by atoms with E-state index in [0.29, 0.717) is 0 Å². The first-order chi connectivity index (χ1) is 8.58. The van der Waals surface area contributed by atoms with Crippen molar-refractivity contribution in [2.24, 2.45) is 11.7 Å². The number of phenols is 1. The van der Waals surface area contributed by atoms with Crippen LogP contribution in [0.3, 0.4) is 0 Å². The summed E-state index contributed by atoms with van der Waals surface area (Å²) in [4.78, 5) is 14.0. The van der Waals surface area contributed by atoms with Crippen LogP contribution in [-0.4, -0.2) is 24.1 Å². The van der Waals surface area contributed by atoms with Gasteiger partial charge < -0.3 is 15.7 Å². The van der Waals surface area contributed by atoms with E-state index in [9.17, 15) is 9.90 Å². The molecule has 4 nitrogen and oxygen atoms in total. The van der Waals surface area contributed by atoms with E-state index < -0.39 is 0 Å². The van der Waals surface area contributed by atoms with Gasteiger partial charge in [0.05, 0.1) is 0 Å². The predicted octanol–water partition coefficient (Wildman–Crippen LogP) is 1.87. The largest absolute Gasteiger partial charge is 0.508 e. The second-order valence-electron chi connectivity index (χ2n) is 5.04. The first-order valence-corrected chi connectivity index (χ1v) is 6.40. The van der Waals surface area contributed by atoms with E-state index in [4.69, 9.17) is 5.73 Å². The zero-order chi connectivity index (χ0) is 13.1. The van der Waals surface area contributed by atoms with Crippen molar-refractivity contribution in [2.45, 2.75) is 31.7 Å². The highest BCUT2D eigenvalue weighted by molar-refractivity contribution is 5.94. The number of carbonyl (C=O) groups excluding carboxylic acids is 1. The molecule has 1 fully saturated rings. The Kier molecular flexibility index (Phi) is 3.87. The Bertz CT molecular complexity index is 416. The summed E-state index contributed by atoms with van der Waals surface area (Å²) >= 11 is 0. The van der Waals surface area contributed by atoms with Gasteiger partial charge in [-0.1, -0.05) is 6.42 Å². The molecule has 98 valence electrons. The molecule has 1 aliphatic rings. The molecule has 0 heterocycles. The first-order valence-electron chi connectivity index (χ1n) is 6.40. The Labute approximate surface area is 107 Å². The van der Waals surface area contributed by atoms with Crippen LogP contribution in [-0.2, 0) is 4.79 Å². The smallest absolute Gasteiger partial charge is 0.229 e. The number of carbonyl (C=O) groups is 1. The maximum absolute atomic E-state index is 12.3. The molecule has 1 saturated carbocycles. The van der Waals surface area contributed by atoms with E-state index in [0.717, 1.165) is 31.4 Å². The third kappa shape index (κ3) is 2.82. The lowest BCUT2D eigenvalue weighted by molar-refractivity contribution is -0.123. The number of anilines is 1. The normalized spacial score (nSPS) is 23.7. The average molecular weight is 248 g/mol. The number of phenolic OH excluding ortho intramolecular Hbond substituents is 1. The van der Waals surface area contributed by atoms with Crippen molar-refractivity contribution in [3.63, 3.8) is 0 Å². The lowest BCUT2D eigenvalue weighted by Gasteiger charge is -2.29. The van der Waals surface area contributed by atoms with E-state index in [1.54, 1.807) is 36.2 Å². The second-order valence-corrected chi connectivity index (χ2v) is 5.04. The summed E-state index contributed by atoms with van der Waals surface area (Å²) in [6.45, 7) is 0. The van der Waals surface area contributed by atoms with E-state index in [1.165, 1.54) is 0 Å². The van der Waals surface area contributed by atoms with E-state index in [-0.39, 0.29) is 23.6 Å². The molecule has 1 amide bonds. The van der Waals surface area contributed by atoms with Crippen molar-refractivity contribution in [1.82, 2.24) is 0 Å². The molecule has 0 saturated heterocycles. The van der Waals surface area contributed by atoms with Gasteiger partial charge in [0.25, 0.3) is 0 Å². The van der Waals surface area contributed by atoms with Gasteiger partial charge in [-0.15, -0.1) is 0 Å². The minimum atomic E-state index is 0.0348. The molecular formula is C14H20N2O2. The minimum Gasteiger partial charge on any atom is -0.508 e. The number of nitrogens with zero attached hydrogens (tertiary/aromatic N) is 1. The highest BCUT2D eigenvalue weighted by atomic mass is 16.3. The molecule has 1 aromatic carbocycles. The molecule has 18 heavy (non-hydrogen) atoms. The van der Waals surface area contributed by atoms with Gasteiger partial charge in [0.2, 0.25) is 5.91 Å². The summed E-state index contributed by atoms with van der Waals surface area (Å²) in [6.07, 6.45) is 3.75. The van der Waals surface area contributed by atoms with Crippen LogP contribution in [0.5, 0.6) is 5.75 Å². The maximum Gasteiger partial charge on any atom is 0.229 e. The Morgan fingerprint density at radius 3 is 2.61 bits per heavy atom. The molecule has 2 unspecified atom stereocenters. The van der Waals surface area contributed by atoms with Crippen molar-refractivity contribution in [3.8, 4) is 5.75 Å². The van der Waals surface area contributed by atoms with E-state index in [1.807, 2.05) is 0 Å². The third-order valence-electron chi connectivity index (χ3n) is 3.63. The number of hydrogen-bond donors (Lipinski definition) is 2. The zero-order valence-electron chi connectivity index (χ0n) is 10.7. The van der Waals surface area contributed by atoms with Crippen LogP contribution in [0.15, 0.2) is 24.3 Å². The van der Waals surface area contributed by atoms with E-state index in [2.05, 4.69) is 0 Å². The van der Waals surface area contributed by atoms with Gasteiger partial charge in [0, 0.05) is 24.7 Å². The van der Waals surface area contributed by atoms with Gasteiger partial charge in [-0.2, -0.15) is 0 Å². The third-order valence-corrected chi connectivity index (χ3v) is 3.63. The molecule has 0 radical (unpaired) electrons. The number of amides is 1. The summed E-state index contributed by atoms with van der Waals surface area (Å²) in [5.41, 5.74) is 6.72. The van der Waals surface area contributed by atoms with Crippen LogP contribution in [0, 0.1) is 5.92 Å². The summed E-state index contributed by atoms with van der Waals surface area (Å²) in [5.74, 6) is 0.364. The van der Waals surface area contributed by atoms with E-state index >= 15 is 0 Å². The monoisotopic (exact) mass is 248 g/mol. The number of hydrogen-bond acceptors (Lipinski definition) is 3. The fourth-order valence-electron chi connectivity index (χ4n) is 2.53. The van der Waals surface area contributed by atoms with Gasteiger partial charge in [-0.25, -0.2) is 0 Å². The number of nitrogens with two attached hydrogens (primary N) is 1. The van der Waals surface area contributed by atoms with Gasteiger partial charge >= 0.3 is 0 Å². The lowest BCUT2D eigenvalue weighted by Crippen LogP contribution is -2.38. The van der Waals surface area contributed by atoms with Crippen molar-refractivity contribution in [3.05, 3.63) is 24.3 Å². The maximum atomic E-state index is 12.3. The Balaban J connectivity index is 2.06. The molecular weight excluding hydrogens is 228 g/mol. The quantitative estimate of drug-likeness (QED) is 0.839. The van der Waals surface area contributed by atoms with Gasteiger partial charge in [-0.05, 0) is 43.5 Å². The van der Waals surface area contributed by atoms with Crippen molar-refractivity contribution in [1.29, 1.82) is 0 Å². The molecule has 4 heteroatoms. The molecule has 0 spiro atoms. The van der Waals surface area contributed by atoms with Crippen LogP contribution < -0.4 is 10.6 Å². The van der Waals surface area contributed by atoms with Gasteiger partial charge in [0.15, 0.2) is 0 Å². The topological polar surface area (TPSA) is 66.6 Å². The Hall–Kier alpha value is -1.55. The van der Waals surface area contributed by atoms with Gasteiger partial charge in [-0.3, -0.25) is 4.79 Å². The molecule has 1 aromatic rings. The first kappa shape index (κ1) is 12.9. The fraction of sp³-hybridized carbons (Fsp3) is 0.500. The molecule has 0 bridgehead atoms. The molecule has 2 atom stereocenters. The molecule has 0 aromatic heterocycles. The van der Waals surface area contributed by atoms with Crippen molar-refractivity contribution in [2.75, 3.05) is 11.9 Å². The predicted molar refractivity (Wildman–Crippen MR) is 71.5 cm³/mol. The Morgan fingerprint density at radius 1 is 1.33 bits per heavy atom. The molecule has 0 aliphatic heterocycles. The highest BCUT2D eigenvalue weighted by Crippen LogP contribution is 2.27. The van der Waals surface area contributed by atoms with Crippen LogP contribution in [0.4, 0.5) is 5.69 Å². The lowest BCUT2D eigenvalue weighted by atomic mass is 9.85. The van der Waals surface area contributed by atoms with Crippen LogP contribution >= 0.6 is 0 Å². The standard InChI is InChI=1S/C14H20N2O2/c1-16(12-5-7-13(17)8-6-12)14(18)10-3-2-4-11(15)9-10/h5-8,10-11,17H,2-4,9,15H2,1H3. The summed E-state index contributed by atoms with van der Waals surface area (Å²) in [6, 6.07) is 6.82. The summed E-state index contributed by atoms with van der Waals surface area (Å²) in [7, 11) is 1.77. The second kappa shape index (κ2) is 5.40. The van der Waals surface area contributed by atoms with Crippen LogP contribution in [0.2, 0.25) is 0 Å². The number of benzene rings is 1. The van der Waals surface area contributed by atoms with Crippen molar-refractivity contribution >= 4 is 11.6 Å². The van der Waals surface area contributed by atoms with Crippen LogP contribution in [0.25, 0.3) is 0 Å². The fourth-order valence-corrected chi connectivity index (χ4v) is 2.53. The van der Waals surface area contributed by atoms with Gasteiger partial charge in [0.1, 0.15) is 5.75 Å². The molecule has 3 N–H and O–H groups in total. The van der Waals surface area contributed by atoms with Crippen molar-refractivity contribution < 1.29 is 9.90 Å². The SMILES string of the molecule is CN(C(=O)C1CCCC(N)C1)c1ccc(O)cc1. The minimum absolute atomic E-state index is 0.0348. The number of aromatic hydroxyl groups is 1.